The van der Waals surface area contributed by atoms with Crippen molar-refractivity contribution < 1.29 is 27.5 Å². The summed E-state index contributed by atoms with van der Waals surface area (Å²) in [6.07, 6.45) is -3.33. The van der Waals surface area contributed by atoms with Crippen LogP contribution in [0.4, 0.5) is 18.3 Å². The minimum atomic E-state index is -4.62. The lowest BCUT2D eigenvalue weighted by Crippen LogP contribution is -2.38. The molecule has 0 radical (unpaired) electrons. The summed E-state index contributed by atoms with van der Waals surface area (Å²) < 4.78 is 43.5. The molecule has 0 spiro atoms. The van der Waals surface area contributed by atoms with Crippen molar-refractivity contribution in [3.05, 3.63) is 57.1 Å². The molecule has 1 fully saturated rings. The van der Waals surface area contributed by atoms with Crippen LogP contribution < -0.4 is 10.1 Å². The zero-order valence-electron chi connectivity index (χ0n) is 19.3. The van der Waals surface area contributed by atoms with Crippen molar-refractivity contribution in [2.75, 3.05) is 25.5 Å². The number of carbonyl (C=O) groups is 2. The van der Waals surface area contributed by atoms with Crippen LogP contribution >= 0.6 is 22.7 Å². The van der Waals surface area contributed by atoms with Crippen LogP contribution in [0.15, 0.2) is 35.7 Å². The van der Waals surface area contributed by atoms with Gasteiger partial charge in [0, 0.05) is 35.8 Å². The Bertz CT molecular complexity index is 1460. The molecule has 4 heterocycles. The van der Waals surface area contributed by atoms with Gasteiger partial charge in [0.25, 0.3) is 11.8 Å². The molecule has 37 heavy (non-hydrogen) atoms. The number of hydrogen-bond donors (Lipinski definition) is 1. The summed E-state index contributed by atoms with van der Waals surface area (Å²) in [6, 6.07) is 9.10. The quantitative estimate of drug-likeness (QED) is 0.380. The molecule has 3 aromatic heterocycles. The van der Waals surface area contributed by atoms with Crippen molar-refractivity contribution in [2.24, 2.45) is 0 Å². The first-order chi connectivity index (χ1) is 17.7. The van der Waals surface area contributed by atoms with E-state index in [4.69, 9.17) is 4.74 Å². The number of aromatic nitrogens is 4. The number of amides is 2. The van der Waals surface area contributed by atoms with Gasteiger partial charge in [-0.1, -0.05) is 23.5 Å². The maximum absolute atomic E-state index is 13.1. The normalized spacial score (nSPS) is 14.6. The van der Waals surface area contributed by atoms with Crippen molar-refractivity contribution in [1.82, 2.24) is 25.1 Å². The lowest BCUT2D eigenvalue weighted by atomic mass is 9.97. The first kappa shape index (κ1) is 25.0. The van der Waals surface area contributed by atoms with Crippen molar-refractivity contribution in [1.29, 1.82) is 0 Å². The van der Waals surface area contributed by atoms with Crippen LogP contribution in [0.1, 0.15) is 49.8 Å². The van der Waals surface area contributed by atoms with Gasteiger partial charge in [-0.2, -0.15) is 13.2 Å². The van der Waals surface area contributed by atoms with Gasteiger partial charge in [0.15, 0.2) is 0 Å². The number of alkyl halides is 3. The van der Waals surface area contributed by atoms with Crippen molar-refractivity contribution in [3.63, 3.8) is 0 Å². The molecule has 1 aromatic carbocycles. The number of benzene rings is 1. The Kier molecular flexibility index (Phi) is 6.77. The summed E-state index contributed by atoms with van der Waals surface area (Å²) in [5.41, 5.74) is 1.08. The monoisotopic (exact) mass is 548 g/mol. The van der Waals surface area contributed by atoms with Gasteiger partial charge >= 0.3 is 6.18 Å². The molecule has 0 bridgehead atoms. The number of piperidine rings is 1. The summed E-state index contributed by atoms with van der Waals surface area (Å²) in [6.45, 7) is 0.985. The fourth-order valence-electron chi connectivity index (χ4n) is 4.04. The standard InChI is InChI=1S/C23H19F3N6O3S2/c1-35-17-10-15(27-14-5-3-2-4-13(14)17)20(34)32-8-6-12(7-9-32)19-28-16(11-36-19)18(33)29-22-31-30-21(37-22)23(24,25)26/h2-5,10-12H,6-9H2,1H3,(H,29,31,33). The molecule has 2 amide bonds. The fraction of sp³-hybridized carbons (Fsp3) is 0.304. The predicted octanol–water partition coefficient (Wildman–Crippen LogP) is 4.84. The van der Waals surface area contributed by atoms with Crippen LogP contribution in [-0.4, -0.2) is 57.1 Å². The summed E-state index contributed by atoms with van der Waals surface area (Å²) in [5.74, 6) is -0.207. The molecule has 9 nitrogen and oxygen atoms in total. The molecule has 0 atom stereocenters. The summed E-state index contributed by atoms with van der Waals surface area (Å²) in [7, 11) is 1.55. The van der Waals surface area contributed by atoms with Crippen LogP contribution in [-0.2, 0) is 6.18 Å². The van der Waals surface area contributed by atoms with Crippen molar-refractivity contribution >= 4 is 50.5 Å². The summed E-state index contributed by atoms with van der Waals surface area (Å²) >= 11 is 1.55. The van der Waals surface area contributed by atoms with E-state index in [0.29, 0.717) is 42.9 Å². The topological polar surface area (TPSA) is 110 Å². The Morgan fingerprint density at radius 3 is 2.57 bits per heavy atom. The number of pyridine rings is 1. The Balaban J connectivity index is 1.21. The van der Waals surface area contributed by atoms with Gasteiger partial charge in [-0.05, 0) is 25.0 Å². The molecule has 1 aliphatic heterocycles. The van der Waals surface area contributed by atoms with E-state index in [1.54, 1.807) is 23.5 Å². The van der Waals surface area contributed by atoms with Gasteiger partial charge < -0.3 is 9.64 Å². The van der Waals surface area contributed by atoms with Crippen LogP contribution in [0.3, 0.4) is 0 Å². The molecule has 5 rings (SSSR count). The number of fused-ring (bicyclic) bond motifs is 1. The second-order valence-electron chi connectivity index (χ2n) is 8.23. The second kappa shape index (κ2) is 10.0. The zero-order valence-corrected chi connectivity index (χ0v) is 20.9. The predicted molar refractivity (Wildman–Crippen MR) is 131 cm³/mol. The number of ether oxygens (including phenoxy) is 1. The number of thiazole rings is 1. The highest BCUT2D eigenvalue weighted by Crippen LogP contribution is 2.34. The van der Waals surface area contributed by atoms with E-state index in [1.807, 2.05) is 24.3 Å². The van der Waals surface area contributed by atoms with E-state index in [1.165, 1.54) is 11.3 Å². The Morgan fingerprint density at radius 1 is 1.11 bits per heavy atom. The average molecular weight is 549 g/mol. The minimum absolute atomic E-state index is 0.0491. The number of halogens is 3. The van der Waals surface area contributed by atoms with Crippen LogP contribution in [0, 0.1) is 0 Å². The number of para-hydroxylation sites is 1. The number of carbonyl (C=O) groups excluding carboxylic acids is 2. The lowest BCUT2D eigenvalue weighted by molar-refractivity contribution is -0.138. The molecule has 14 heteroatoms. The fourth-order valence-corrected chi connectivity index (χ4v) is 5.62. The van der Waals surface area contributed by atoms with Gasteiger partial charge in [0.2, 0.25) is 10.1 Å². The summed E-state index contributed by atoms with van der Waals surface area (Å²) in [5, 5.41) is 10.4. The number of nitrogens with zero attached hydrogens (tertiary/aromatic N) is 5. The number of methoxy groups -OCH3 is 1. The van der Waals surface area contributed by atoms with Crippen LogP contribution in [0.2, 0.25) is 0 Å². The molecule has 1 aliphatic rings. The van der Waals surface area contributed by atoms with Gasteiger partial charge in [0.1, 0.15) is 17.1 Å². The number of likely N-dealkylation sites (tertiary alicyclic amines) is 1. The largest absolute Gasteiger partial charge is 0.496 e. The highest BCUT2D eigenvalue weighted by molar-refractivity contribution is 7.15. The molecule has 192 valence electrons. The second-order valence-corrected chi connectivity index (χ2v) is 10.1. The maximum Gasteiger partial charge on any atom is 0.445 e. The first-order valence-electron chi connectivity index (χ1n) is 11.1. The van der Waals surface area contributed by atoms with E-state index < -0.39 is 17.1 Å². The zero-order chi connectivity index (χ0) is 26.2. The maximum atomic E-state index is 13.1. The molecular formula is C23H19F3N6O3S2. The van der Waals surface area contributed by atoms with E-state index in [9.17, 15) is 22.8 Å². The third-order valence-electron chi connectivity index (χ3n) is 5.89. The number of nitrogens with one attached hydrogen (secondary N) is 1. The third-order valence-corrected chi connectivity index (χ3v) is 7.78. The average Bonchev–Trinajstić information content (AvgIpc) is 3.58. The molecule has 4 aromatic rings. The molecular weight excluding hydrogens is 529 g/mol. The number of hydrogen-bond acceptors (Lipinski definition) is 9. The van der Waals surface area contributed by atoms with E-state index in [2.05, 4.69) is 25.5 Å². The molecule has 1 N–H and O–H groups in total. The SMILES string of the molecule is COc1cc(C(=O)N2CCC(c3nc(C(=O)Nc4nnc(C(F)(F)F)s4)cs3)CC2)nc2ccccc12. The van der Waals surface area contributed by atoms with E-state index in [-0.39, 0.29) is 34.0 Å². The summed E-state index contributed by atoms with van der Waals surface area (Å²) in [4.78, 5) is 36.2. The van der Waals surface area contributed by atoms with Gasteiger partial charge in [-0.25, -0.2) is 9.97 Å². The smallest absolute Gasteiger partial charge is 0.445 e. The highest BCUT2D eigenvalue weighted by atomic mass is 32.1. The lowest BCUT2D eigenvalue weighted by Gasteiger charge is -2.31. The highest BCUT2D eigenvalue weighted by Gasteiger charge is 2.36. The Labute approximate surface area is 216 Å². The van der Waals surface area contributed by atoms with Crippen LogP contribution in [0.25, 0.3) is 10.9 Å². The number of rotatable bonds is 5. The Morgan fingerprint density at radius 2 is 1.86 bits per heavy atom. The Hall–Kier alpha value is -3.65. The van der Waals surface area contributed by atoms with E-state index >= 15 is 0 Å². The molecule has 0 aliphatic carbocycles. The van der Waals surface area contributed by atoms with Crippen molar-refractivity contribution in [2.45, 2.75) is 24.9 Å². The van der Waals surface area contributed by atoms with Crippen molar-refractivity contribution in [3.8, 4) is 5.75 Å². The van der Waals surface area contributed by atoms with Gasteiger partial charge in [-0.15, -0.1) is 21.5 Å². The first-order valence-corrected chi connectivity index (χ1v) is 12.8. The minimum Gasteiger partial charge on any atom is -0.496 e. The van der Waals surface area contributed by atoms with Crippen LogP contribution in [0.5, 0.6) is 5.75 Å². The van der Waals surface area contributed by atoms with E-state index in [0.717, 1.165) is 10.4 Å². The molecule has 0 unspecified atom stereocenters. The third kappa shape index (κ3) is 5.25. The number of anilines is 1. The molecule has 1 saturated heterocycles. The molecule has 0 saturated carbocycles. The van der Waals surface area contributed by atoms with Gasteiger partial charge in [0.05, 0.1) is 17.6 Å². The van der Waals surface area contributed by atoms with Gasteiger partial charge in [-0.3, -0.25) is 14.9 Å².